The fraction of sp³-hybridized carbons (Fsp3) is 0.300. The molecule has 0 N–H and O–H groups in total. The first-order valence-corrected chi connectivity index (χ1v) is 5.45. The minimum Gasteiger partial charge on any atom is -0.282 e. The third-order valence-corrected chi connectivity index (χ3v) is 3.07. The number of fused-ring (bicyclic) bond motifs is 1. The fourth-order valence-corrected chi connectivity index (χ4v) is 2.12. The summed E-state index contributed by atoms with van der Waals surface area (Å²) in [6.45, 7) is 0.830. The van der Waals surface area contributed by atoms with Crippen LogP contribution < -0.4 is 0 Å². The number of rotatable bonds is 1. The Kier molecular flexibility index (Phi) is 2.27. The molecule has 13 heavy (non-hydrogen) atoms. The summed E-state index contributed by atoms with van der Waals surface area (Å²) in [5.74, 6) is 0.148. The Morgan fingerprint density at radius 1 is 1.38 bits per heavy atom. The molecule has 1 amide bonds. The first-order valence-electron chi connectivity index (χ1n) is 4.27. The molecule has 3 heteroatoms. The third kappa shape index (κ3) is 1.44. The van der Waals surface area contributed by atoms with Crippen molar-refractivity contribution in [2.45, 2.75) is 6.42 Å². The summed E-state index contributed by atoms with van der Waals surface area (Å²) < 4.78 is 1.81. The Hall–Kier alpha value is -0.960. The second-order valence-corrected chi connectivity index (χ2v) is 3.80. The summed E-state index contributed by atoms with van der Waals surface area (Å²) in [6.07, 6.45) is 2.91. The Morgan fingerprint density at radius 2 is 2.15 bits per heavy atom. The van der Waals surface area contributed by atoms with Gasteiger partial charge in [0.25, 0.3) is 5.91 Å². The quantitative estimate of drug-likeness (QED) is 0.635. The van der Waals surface area contributed by atoms with E-state index in [2.05, 4.69) is 0 Å². The molecule has 0 saturated carbocycles. The van der Waals surface area contributed by atoms with Crippen LogP contribution in [-0.2, 0) is 6.42 Å². The van der Waals surface area contributed by atoms with E-state index in [0.717, 1.165) is 18.5 Å². The number of hydrogen-bond acceptors (Lipinski definition) is 2. The number of amides is 1. The molecule has 0 fully saturated rings. The van der Waals surface area contributed by atoms with Gasteiger partial charge in [-0.15, -0.1) is 0 Å². The van der Waals surface area contributed by atoms with Crippen molar-refractivity contribution >= 4 is 17.9 Å². The normalized spacial score (nSPS) is 15.8. The summed E-state index contributed by atoms with van der Waals surface area (Å²) in [4.78, 5) is 11.8. The molecule has 0 aromatic heterocycles. The summed E-state index contributed by atoms with van der Waals surface area (Å²) >= 11 is 1.50. The van der Waals surface area contributed by atoms with Crippen LogP contribution in [0.25, 0.3) is 0 Å². The Balaban J connectivity index is 2.39. The van der Waals surface area contributed by atoms with E-state index in [1.807, 2.05) is 34.8 Å². The van der Waals surface area contributed by atoms with Gasteiger partial charge < -0.3 is 0 Å². The molecule has 2 nitrogen and oxygen atoms in total. The Labute approximate surface area is 82.1 Å². The average Bonchev–Trinajstić information content (AvgIpc) is 2.19. The van der Waals surface area contributed by atoms with Gasteiger partial charge in [0.1, 0.15) is 0 Å². The summed E-state index contributed by atoms with van der Waals surface area (Å²) in [6, 6.07) is 7.84. The zero-order valence-corrected chi connectivity index (χ0v) is 8.30. The van der Waals surface area contributed by atoms with Crippen LogP contribution in [0, 0.1) is 0 Å². The lowest BCUT2D eigenvalue weighted by Gasteiger charge is -2.25. The van der Waals surface area contributed by atoms with E-state index in [-0.39, 0.29) is 5.91 Å². The fourth-order valence-electron chi connectivity index (χ4n) is 1.58. The largest absolute Gasteiger partial charge is 0.282 e. The summed E-state index contributed by atoms with van der Waals surface area (Å²) in [5.41, 5.74) is 2.04. The predicted octanol–water partition coefficient (Wildman–Crippen LogP) is 1.96. The SMILES string of the molecule is CSN1CCc2ccccc2C1=O. The highest BCUT2D eigenvalue weighted by atomic mass is 32.2. The second-order valence-electron chi connectivity index (χ2n) is 3.00. The van der Waals surface area contributed by atoms with Gasteiger partial charge in [0, 0.05) is 18.4 Å². The van der Waals surface area contributed by atoms with Crippen molar-refractivity contribution in [1.29, 1.82) is 0 Å². The van der Waals surface area contributed by atoms with E-state index < -0.39 is 0 Å². The van der Waals surface area contributed by atoms with Gasteiger partial charge in [-0.05, 0) is 18.1 Å². The number of benzene rings is 1. The van der Waals surface area contributed by atoms with Crippen molar-refractivity contribution in [3.8, 4) is 0 Å². The second kappa shape index (κ2) is 3.42. The first kappa shape index (κ1) is 8.63. The maximum Gasteiger partial charge on any atom is 0.263 e. The summed E-state index contributed by atoms with van der Waals surface area (Å²) in [5, 5.41) is 0. The molecule has 0 unspecified atom stereocenters. The molecule has 0 aliphatic carbocycles. The molecule has 0 bridgehead atoms. The topological polar surface area (TPSA) is 20.3 Å². The van der Waals surface area contributed by atoms with Gasteiger partial charge in [-0.2, -0.15) is 0 Å². The molecule has 1 aromatic carbocycles. The Bertz CT molecular complexity index is 337. The maximum atomic E-state index is 11.8. The molecular weight excluding hydrogens is 182 g/mol. The number of carbonyl (C=O) groups excluding carboxylic acids is 1. The molecule has 68 valence electrons. The van der Waals surface area contributed by atoms with Gasteiger partial charge in [-0.25, -0.2) is 0 Å². The molecule has 0 atom stereocenters. The van der Waals surface area contributed by atoms with Crippen LogP contribution in [0.5, 0.6) is 0 Å². The van der Waals surface area contributed by atoms with Crippen LogP contribution in [0.4, 0.5) is 0 Å². The van der Waals surface area contributed by atoms with Crippen molar-refractivity contribution in [3.63, 3.8) is 0 Å². The van der Waals surface area contributed by atoms with Crippen LogP contribution in [0.15, 0.2) is 24.3 Å². The van der Waals surface area contributed by atoms with Gasteiger partial charge in [0.15, 0.2) is 0 Å². The van der Waals surface area contributed by atoms with Crippen molar-refractivity contribution < 1.29 is 4.79 Å². The molecule has 1 aromatic rings. The van der Waals surface area contributed by atoms with Crippen LogP contribution in [0.3, 0.4) is 0 Å². The van der Waals surface area contributed by atoms with Crippen LogP contribution >= 0.6 is 11.9 Å². The van der Waals surface area contributed by atoms with Crippen molar-refractivity contribution in [1.82, 2.24) is 4.31 Å². The smallest absolute Gasteiger partial charge is 0.263 e. The average molecular weight is 193 g/mol. The lowest BCUT2D eigenvalue weighted by molar-refractivity contribution is 0.0861. The highest BCUT2D eigenvalue weighted by Gasteiger charge is 2.22. The van der Waals surface area contributed by atoms with E-state index in [4.69, 9.17) is 0 Å². The first-order chi connectivity index (χ1) is 6.33. The lowest BCUT2D eigenvalue weighted by atomic mass is 10.0. The zero-order chi connectivity index (χ0) is 9.26. The molecule has 1 aliphatic heterocycles. The number of carbonyl (C=O) groups is 1. The van der Waals surface area contributed by atoms with E-state index in [1.54, 1.807) is 0 Å². The van der Waals surface area contributed by atoms with Crippen LogP contribution in [0.1, 0.15) is 15.9 Å². The van der Waals surface area contributed by atoms with E-state index in [1.165, 1.54) is 17.5 Å². The number of hydrogen-bond donors (Lipinski definition) is 0. The molecule has 1 heterocycles. The predicted molar refractivity (Wildman–Crippen MR) is 54.7 cm³/mol. The van der Waals surface area contributed by atoms with E-state index >= 15 is 0 Å². The molecule has 0 radical (unpaired) electrons. The standard InChI is InChI=1S/C10H11NOS/c1-13-11-7-6-8-4-2-3-5-9(8)10(11)12/h2-5H,6-7H2,1H3. The zero-order valence-electron chi connectivity index (χ0n) is 7.49. The van der Waals surface area contributed by atoms with Crippen molar-refractivity contribution in [2.75, 3.05) is 12.8 Å². The number of nitrogens with zero attached hydrogens (tertiary/aromatic N) is 1. The molecule has 1 aliphatic rings. The van der Waals surface area contributed by atoms with Gasteiger partial charge >= 0.3 is 0 Å². The molecule has 0 spiro atoms. The minimum absolute atomic E-state index is 0.148. The van der Waals surface area contributed by atoms with Gasteiger partial charge in [-0.3, -0.25) is 9.10 Å². The van der Waals surface area contributed by atoms with Crippen molar-refractivity contribution in [2.24, 2.45) is 0 Å². The highest BCUT2D eigenvalue weighted by Crippen LogP contribution is 2.22. The summed E-state index contributed by atoms with van der Waals surface area (Å²) in [7, 11) is 0. The van der Waals surface area contributed by atoms with Crippen LogP contribution in [-0.4, -0.2) is 23.0 Å². The molecule has 0 saturated heterocycles. The van der Waals surface area contributed by atoms with Gasteiger partial charge in [-0.1, -0.05) is 30.1 Å². The van der Waals surface area contributed by atoms with Crippen LogP contribution in [0.2, 0.25) is 0 Å². The van der Waals surface area contributed by atoms with Gasteiger partial charge in [0.05, 0.1) is 0 Å². The van der Waals surface area contributed by atoms with E-state index in [0.29, 0.717) is 0 Å². The Morgan fingerprint density at radius 3 is 2.92 bits per heavy atom. The van der Waals surface area contributed by atoms with Gasteiger partial charge in [0.2, 0.25) is 0 Å². The molecule has 2 rings (SSSR count). The minimum atomic E-state index is 0.148. The lowest BCUT2D eigenvalue weighted by Crippen LogP contribution is -2.31. The maximum absolute atomic E-state index is 11.8. The van der Waals surface area contributed by atoms with E-state index in [9.17, 15) is 4.79 Å². The highest BCUT2D eigenvalue weighted by molar-refractivity contribution is 7.96. The third-order valence-electron chi connectivity index (χ3n) is 2.28. The molecular formula is C10H11NOS. The monoisotopic (exact) mass is 193 g/mol. The van der Waals surface area contributed by atoms with Crippen molar-refractivity contribution in [3.05, 3.63) is 35.4 Å².